The zero-order valence-electron chi connectivity index (χ0n) is 5.58. The lowest BCUT2D eigenvalue weighted by molar-refractivity contribution is 0.245. The van der Waals surface area contributed by atoms with Crippen molar-refractivity contribution in [2.75, 3.05) is 0 Å². The summed E-state index contributed by atoms with van der Waals surface area (Å²) in [6, 6.07) is -1.50. The van der Waals surface area contributed by atoms with E-state index < -0.39 is 12.1 Å². The number of hydrogen-bond donors (Lipinski definition) is 4. The van der Waals surface area contributed by atoms with Crippen LogP contribution in [-0.4, -0.2) is 19.5 Å². The van der Waals surface area contributed by atoms with Gasteiger partial charge in [0, 0.05) is 0 Å². The summed E-state index contributed by atoms with van der Waals surface area (Å²) in [5.74, 6) is 0. The minimum atomic E-state index is -0.748. The van der Waals surface area contributed by atoms with E-state index in [1.54, 1.807) is 0 Å². The van der Waals surface area contributed by atoms with Crippen molar-refractivity contribution in [2.24, 2.45) is 11.5 Å². The van der Waals surface area contributed by atoms with Gasteiger partial charge in [-0.3, -0.25) is 0 Å². The van der Waals surface area contributed by atoms with Gasteiger partial charge in [-0.2, -0.15) is 0 Å². The number of carbonyl (C=O) groups is 2. The molecule has 0 spiro atoms. The lowest BCUT2D eigenvalue weighted by Crippen LogP contribution is -2.24. The van der Waals surface area contributed by atoms with Gasteiger partial charge in [0.2, 0.25) is 0 Å². The molecule has 6 nitrogen and oxygen atoms in total. The number of thiol groups is 2. The molecule has 12 heavy (non-hydrogen) atoms. The molecule has 0 atom stereocenters. The van der Waals surface area contributed by atoms with Crippen LogP contribution in [0.3, 0.4) is 0 Å². The number of amides is 4. The minimum absolute atomic E-state index is 0.748. The van der Waals surface area contributed by atoms with Gasteiger partial charge in [0.1, 0.15) is 0 Å². The third-order valence-corrected chi connectivity index (χ3v) is 3.90. The van der Waals surface area contributed by atoms with E-state index in [1.165, 1.54) is 0 Å². The quantitative estimate of drug-likeness (QED) is 0.334. The largest absolute Gasteiger partial charge is 0.350 e. The fraction of sp³-hybridized carbons (Fsp3) is 0. The van der Waals surface area contributed by atoms with E-state index in [4.69, 9.17) is 11.5 Å². The summed E-state index contributed by atoms with van der Waals surface area (Å²) in [6.07, 6.45) is 0. The van der Waals surface area contributed by atoms with E-state index in [0.717, 1.165) is 29.4 Å². The molecule has 0 aliphatic heterocycles. The number of carbonyl (C=O) groups excluding carboxylic acids is 2. The molecule has 0 rings (SSSR count). The average molecular weight is 246 g/mol. The third kappa shape index (κ3) is 4.74. The molecule has 4 N–H and O–H groups in total. The Morgan fingerprint density at radius 1 is 1.00 bits per heavy atom. The fourth-order valence-corrected chi connectivity index (χ4v) is 1.77. The van der Waals surface area contributed by atoms with Crippen molar-refractivity contribution >= 4 is 59.7 Å². The van der Waals surface area contributed by atoms with Gasteiger partial charge in [0.05, 0.1) is 22.0 Å². The van der Waals surface area contributed by atoms with Crippen LogP contribution in [0.15, 0.2) is 0 Å². The Bertz CT molecular complexity index is 168. The Labute approximate surface area is 88.1 Å². The first kappa shape index (κ1) is 11.9. The van der Waals surface area contributed by atoms with Crippen molar-refractivity contribution in [3.63, 3.8) is 0 Å². The lowest BCUT2D eigenvalue weighted by atomic mass is 11.2. The molecular formula is C2H6N4O2S4. The third-order valence-electron chi connectivity index (χ3n) is 0.552. The molecule has 70 valence electrons. The highest BCUT2D eigenvalue weighted by molar-refractivity contribution is 8.77. The molecular weight excluding hydrogens is 240 g/mol. The van der Waals surface area contributed by atoms with E-state index in [2.05, 4.69) is 25.6 Å². The van der Waals surface area contributed by atoms with Crippen LogP contribution in [0, 0.1) is 0 Å². The molecule has 0 aliphatic carbocycles. The van der Waals surface area contributed by atoms with E-state index in [1.807, 2.05) is 0 Å². The van der Waals surface area contributed by atoms with Gasteiger partial charge in [-0.05, 0) is 25.6 Å². The predicted molar refractivity (Wildman–Crippen MR) is 56.0 cm³/mol. The maximum Gasteiger partial charge on any atom is 0.335 e. The molecule has 0 unspecified atom stereocenters. The number of urea groups is 2. The van der Waals surface area contributed by atoms with Crippen molar-refractivity contribution < 1.29 is 9.59 Å². The first-order chi connectivity index (χ1) is 5.45. The number of nitrogens with two attached hydrogens (primary N) is 2. The highest BCUT2D eigenvalue weighted by atomic mass is 33.1. The number of nitrogens with zero attached hydrogens (tertiary/aromatic N) is 2. The first-order valence-electron chi connectivity index (χ1n) is 2.36. The van der Waals surface area contributed by atoms with Crippen LogP contribution in [0.5, 0.6) is 0 Å². The number of rotatable bonds is 3. The Morgan fingerprint density at radius 3 is 1.42 bits per heavy atom. The first-order valence-corrected chi connectivity index (χ1v) is 5.23. The summed E-state index contributed by atoms with van der Waals surface area (Å²) >= 11 is 7.31. The Balaban J connectivity index is 3.68. The van der Waals surface area contributed by atoms with Crippen LogP contribution >= 0.6 is 47.6 Å². The molecule has 0 bridgehead atoms. The second-order valence-corrected chi connectivity index (χ2v) is 4.64. The Kier molecular flexibility index (Phi) is 5.53. The lowest BCUT2D eigenvalue weighted by Gasteiger charge is -2.13. The second-order valence-electron chi connectivity index (χ2n) is 1.37. The van der Waals surface area contributed by atoms with E-state index >= 15 is 0 Å². The van der Waals surface area contributed by atoms with Crippen LogP contribution in [0.2, 0.25) is 0 Å². The van der Waals surface area contributed by atoms with Gasteiger partial charge in [0.25, 0.3) is 0 Å². The Morgan fingerprint density at radius 2 is 1.25 bits per heavy atom. The molecule has 10 heteroatoms. The van der Waals surface area contributed by atoms with Crippen LogP contribution < -0.4 is 11.5 Å². The maximum atomic E-state index is 10.4. The van der Waals surface area contributed by atoms with Crippen molar-refractivity contribution in [3.8, 4) is 0 Å². The summed E-state index contributed by atoms with van der Waals surface area (Å²) in [4.78, 5) is 20.7. The molecule has 0 aromatic heterocycles. The highest BCUT2D eigenvalue weighted by Gasteiger charge is 2.11. The maximum absolute atomic E-state index is 10.4. The summed E-state index contributed by atoms with van der Waals surface area (Å²) in [7, 11) is 1.62. The van der Waals surface area contributed by atoms with Gasteiger partial charge >= 0.3 is 12.1 Å². The monoisotopic (exact) mass is 246 g/mol. The standard InChI is InChI=1S/C2H6N4O2S4/c3-1(7)5(9)11-12-6(10)2(4)8/h9-10H,(H2,3,7)(H2,4,8). The molecule has 4 amide bonds. The smallest absolute Gasteiger partial charge is 0.335 e. The Hall–Kier alpha value is -0.0600. The molecule has 0 saturated carbocycles. The second kappa shape index (κ2) is 5.56. The zero-order valence-corrected chi connectivity index (χ0v) is 9.00. The van der Waals surface area contributed by atoms with Gasteiger partial charge in [-0.15, -0.1) is 0 Å². The van der Waals surface area contributed by atoms with Crippen LogP contribution in [-0.2, 0) is 0 Å². The van der Waals surface area contributed by atoms with E-state index in [9.17, 15) is 9.59 Å². The molecule has 0 fully saturated rings. The average Bonchev–Trinajstić information content (AvgIpc) is 1.98. The normalized spacial score (nSPS) is 9.17. The molecule has 0 aromatic carbocycles. The van der Waals surface area contributed by atoms with Crippen LogP contribution in [0.25, 0.3) is 0 Å². The topological polar surface area (TPSA) is 92.7 Å². The van der Waals surface area contributed by atoms with Crippen molar-refractivity contribution in [1.82, 2.24) is 7.42 Å². The van der Waals surface area contributed by atoms with Crippen LogP contribution in [0.4, 0.5) is 9.59 Å². The molecule has 0 aliphatic rings. The molecule has 0 saturated heterocycles. The van der Waals surface area contributed by atoms with Gasteiger partial charge < -0.3 is 11.5 Å². The number of primary amides is 2. The summed E-state index contributed by atoms with van der Waals surface area (Å²) in [5, 5.41) is 0. The summed E-state index contributed by atoms with van der Waals surface area (Å²) < 4.78 is 1.66. The highest BCUT2D eigenvalue weighted by Crippen LogP contribution is 2.31. The predicted octanol–water partition coefficient (Wildman–Crippen LogP) is 0.649. The molecule has 0 heterocycles. The van der Waals surface area contributed by atoms with Crippen LogP contribution in [0.1, 0.15) is 0 Å². The zero-order chi connectivity index (χ0) is 9.72. The fourth-order valence-electron chi connectivity index (χ4n) is 0.137. The molecule has 0 aromatic rings. The van der Waals surface area contributed by atoms with E-state index in [0.29, 0.717) is 0 Å². The van der Waals surface area contributed by atoms with Crippen molar-refractivity contribution in [3.05, 3.63) is 0 Å². The number of hydrogen-bond acceptors (Lipinski definition) is 6. The van der Waals surface area contributed by atoms with Gasteiger partial charge in [-0.25, -0.2) is 17.0 Å². The summed E-state index contributed by atoms with van der Waals surface area (Å²) in [6.45, 7) is 0. The van der Waals surface area contributed by atoms with Gasteiger partial charge in [-0.1, -0.05) is 0 Å². The van der Waals surface area contributed by atoms with Crippen molar-refractivity contribution in [1.29, 1.82) is 0 Å². The molecule has 0 radical (unpaired) electrons. The van der Waals surface area contributed by atoms with Crippen molar-refractivity contribution in [2.45, 2.75) is 0 Å². The van der Waals surface area contributed by atoms with E-state index in [-0.39, 0.29) is 0 Å². The van der Waals surface area contributed by atoms with Gasteiger partial charge in [0.15, 0.2) is 0 Å². The minimum Gasteiger partial charge on any atom is -0.350 e. The summed E-state index contributed by atoms with van der Waals surface area (Å²) in [5.41, 5.74) is 9.63. The SMILES string of the molecule is NC(=O)N(S)SSN(S)C(N)=O.